The van der Waals surface area contributed by atoms with Crippen LogP contribution in [0.4, 0.5) is 5.69 Å². The van der Waals surface area contributed by atoms with E-state index < -0.39 is 0 Å². The van der Waals surface area contributed by atoms with Crippen molar-refractivity contribution < 1.29 is 4.42 Å². The highest BCUT2D eigenvalue weighted by Crippen LogP contribution is 2.37. The zero-order valence-electron chi connectivity index (χ0n) is 24.2. The Kier molecular flexibility index (Phi) is 6.13. The van der Waals surface area contributed by atoms with Crippen molar-refractivity contribution in [3.63, 3.8) is 0 Å². The Labute approximate surface area is 255 Å². The third kappa shape index (κ3) is 4.36. The Morgan fingerprint density at radius 1 is 0.818 bits per heavy atom. The van der Waals surface area contributed by atoms with E-state index >= 15 is 0 Å². The SMILES string of the molecule is CN(c1cc(-c2ccc(-c3ccc4nc5c6ccccc6oc5n4c3)cc2)ccc1-c1ccc(C#N)cc1)C1C=CC=CC1. The molecular weight excluding hydrogens is 540 g/mol. The topological polar surface area (TPSA) is 57.5 Å². The largest absolute Gasteiger partial charge is 0.437 e. The predicted molar refractivity (Wildman–Crippen MR) is 179 cm³/mol. The summed E-state index contributed by atoms with van der Waals surface area (Å²) in [5.41, 5.74) is 11.9. The molecule has 1 unspecified atom stereocenters. The van der Waals surface area contributed by atoms with Crippen molar-refractivity contribution in [2.75, 3.05) is 11.9 Å². The lowest BCUT2D eigenvalue weighted by Gasteiger charge is -2.30. The van der Waals surface area contributed by atoms with E-state index in [9.17, 15) is 5.26 Å². The maximum absolute atomic E-state index is 9.29. The lowest BCUT2D eigenvalue weighted by atomic mass is 9.95. The number of hydrogen-bond acceptors (Lipinski definition) is 4. The van der Waals surface area contributed by atoms with Gasteiger partial charge in [-0.25, -0.2) is 4.98 Å². The molecule has 1 aliphatic carbocycles. The van der Waals surface area contributed by atoms with Crippen molar-refractivity contribution in [1.82, 2.24) is 9.38 Å². The minimum absolute atomic E-state index is 0.270. The molecule has 3 aromatic heterocycles. The summed E-state index contributed by atoms with van der Waals surface area (Å²) in [6, 6.07) is 37.9. The van der Waals surface area contributed by atoms with Crippen molar-refractivity contribution >= 4 is 33.5 Å². The second-order valence-corrected chi connectivity index (χ2v) is 11.2. The van der Waals surface area contributed by atoms with Crippen molar-refractivity contribution in [3.05, 3.63) is 139 Å². The van der Waals surface area contributed by atoms with Crippen LogP contribution in [0.2, 0.25) is 0 Å². The zero-order valence-corrected chi connectivity index (χ0v) is 24.2. The molecule has 1 aliphatic rings. The third-order valence-electron chi connectivity index (χ3n) is 8.63. The number of furan rings is 1. The fraction of sp³-hybridized carbons (Fsp3) is 0.0769. The van der Waals surface area contributed by atoms with Crippen LogP contribution in [0.3, 0.4) is 0 Å². The van der Waals surface area contributed by atoms with E-state index in [4.69, 9.17) is 9.40 Å². The molecule has 0 saturated carbocycles. The van der Waals surface area contributed by atoms with Crippen LogP contribution in [0.25, 0.3) is 61.2 Å². The normalized spacial score (nSPS) is 14.4. The van der Waals surface area contributed by atoms with Gasteiger partial charge in [-0.3, -0.25) is 4.40 Å². The molecule has 210 valence electrons. The number of hydrogen-bond donors (Lipinski definition) is 0. The number of para-hydroxylation sites is 1. The summed E-state index contributed by atoms with van der Waals surface area (Å²) in [6.07, 6.45) is 11.8. The number of anilines is 1. The molecule has 4 aromatic carbocycles. The second-order valence-electron chi connectivity index (χ2n) is 11.2. The fourth-order valence-corrected chi connectivity index (χ4v) is 6.18. The molecule has 0 fully saturated rings. The van der Waals surface area contributed by atoms with Crippen LogP contribution in [0, 0.1) is 11.3 Å². The number of nitriles is 1. The highest BCUT2D eigenvalue weighted by atomic mass is 16.3. The van der Waals surface area contributed by atoms with Crippen LogP contribution in [0.5, 0.6) is 0 Å². The average Bonchev–Trinajstić information content (AvgIpc) is 3.64. The molecule has 0 aliphatic heterocycles. The van der Waals surface area contributed by atoms with E-state index in [2.05, 4.69) is 103 Å². The summed E-state index contributed by atoms with van der Waals surface area (Å²) in [6.45, 7) is 0. The van der Waals surface area contributed by atoms with E-state index in [1.807, 2.05) is 52.9 Å². The van der Waals surface area contributed by atoms with Gasteiger partial charge < -0.3 is 9.32 Å². The van der Waals surface area contributed by atoms with Gasteiger partial charge in [-0.2, -0.15) is 5.26 Å². The van der Waals surface area contributed by atoms with E-state index in [1.165, 1.54) is 0 Å². The summed E-state index contributed by atoms with van der Waals surface area (Å²) in [5.74, 6) is 0. The fourth-order valence-electron chi connectivity index (χ4n) is 6.18. The summed E-state index contributed by atoms with van der Waals surface area (Å²) in [5, 5.41) is 10.3. The van der Waals surface area contributed by atoms with Crippen LogP contribution < -0.4 is 4.90 Å². The molecule has 3 heterocycles. The highest BCUT2D eigenvalue weighted by molar-refractivity contribution is 6.03. The molecular formula is C39H28N4O. The summed E-state index contributed by atoms with van der Waals surface area (Å²) < 4.78 is 8.21. The van der Waals surface area contributed by atoms with Crippen LogP contribution in [0.15, 0.2) is 138 Å². The number of aromatic nitrogens is 2. The predicted octanol–water partition coefficient (Wildman–Crippen LogP) is 9.43. The number of likely N-dealkylation sites (N-methyl/N-ethyl adjacent to an activating group) is 1. The quantitative estimate of drug-likeness (QED) is 0.208. The minimum atomic E-state index is 0.270. The number of fused-ring (bicyclic) bond motifs is 5. The molecule has 0 bridgehead atoms. The standard InChI is InChI=1S/C39H28N4O/c1-42(32-7-3-2-4-8-32)35-23-30(19-21-33(35)29-13-11-26(24-40)12-14-29)27-15-17-28(18-16-27)31-20-22-37-41-38-34-9-5-6-10-36(34)44-39(38)43(37)25-31/h2-7,9-23,25,32H,8H2,1H3. The lowest BCUT2D eigenvalue weighted by molar-refractivity contribution is 0.649. The number of benzene rings is 4. The lowest BCUT2D eigenvalue weighted by Crippen LogP contribution is -2.30. The van der Waals surface area contributed by atoms with Crippen molar-refractivity contribution in [1.29, 1.82) is 5.26 Å². The van der Waals surface area contributed by atoms with Crippen molar-refractivity contribution in [3.8, 4) is 39.4 Å². The van der Waals surface area contributed by atoms with Crippen LogP contribution in [-0.2, 0) is 0 Å². The van der Waals surface area contributed by atoms with Gasteiger partial charge in [-0.1, -0.05) is 85.0 Å². The maximum atomic E-state index is 9.29. The van der Waals surface area contributed by atoms with E-state index in [0.29, 0.717) is 5.56 Å². The molecule has 44 heavy (non-hydrogen) atoms. The van der Waals surface area contributed by atoms with Gasteiger partial charge in [0.25, 0.3) is 0 Å². The molecule has 0 spiro atoms. The van der Waals surface area contributed by atoms with Gasteiger partial charge in [0.15, 0.2) is 0 Å². The van der Waals surface area contributed by atoms with E-state index in [1.54, 1.807) is 0 Å². The third-order valence-corrected chi connectivity index (χ3v) is 8.63. The Hall–Kier alpha value is -5.86. The number of imidazole rings is 1. The van der Waals surface area contributed by atoms with Gasteiger partial charge >= 0.3 is 0 Å². The summed E-state index contributed by atoms with van der Waals surface area (Å²) in [7, 11) is 2.16. The van der Waals surface area contributed by atoms with E-state index in [0.717, 1.165) is 73.3 Å². The number of allylic oxidation sites excluding steroid dienone is 2. The monoisotopic (exact) mass is 568 g/mol. The first-order valence-electron chi connectivity index (χ1n) is 14.8. The molecule has 0 saturated heterocycles. The number of rotatable bonds is 5. The Morgan fingerprint density at radius 3 is 2.32 bits per heavy atom. The Balaban J connectivity index is 1.16. The first-order valence-corrected chi connectivity index (χ1v) is 14.8. The van der Waals surface area contributed by atoms with Gasteiger partial charge in [0.2, 0.25) is 5.71 Å². The van der Waals surface area contributed by atoms with Gasteiger partial charge in [0.05, 0.1) is 17.7 Å². The highest BCUT2D eigenvalue weighted by Gasteiger charge is 2.18. The Morgan fingerprint density at radius 2 is 1.55 bits per heavy atom. The van der Waals surface area contributed by atoms with Crippen molar-refractivity contribution in [2.24, 2.45) is 0 Å². The first-order chi connectivity index (χ1) is 21.7. The molecule has 5 nitrogen and oxygen atoms in total. The smallest absolute Gasteiger partial charge is 0.232 e. The van der Waals surface area contributed by atoms with Gasteiger partial charge in [0, 0.05) is 29.9 Å². The summed E-state index contributed by atoms with van der Waals surface area (Å²) >= 11 is 0. The molecule has 0 radical (unpaired) electrons. The molecule has 8 rings (SSSR count). The van der Waals surface area contributed by atoms with Crippen LogP contribution in [-0.4, -0.2) is 22.5 Å². The molecule has 0 amide bonds. The zero-order chi connectivity index (χ0) is 29.6. The van der Waals surface area contributed by atoms with Gasteiger partial charge in [-0.15, -0.1) is 0 Å². The molecule has 7 aromatic rings. The van der Waals surface area contributed by atoms with Gasteiger partial charge in [0.1, 0.15) is 16.7 Å². The average molecular weight is 569 g/mol. The maximum Gasteiger partial charge on any atom is 0.232 e. The minimum Gasteiger partial charge on any atom is -0.437 e. The molecule has 5 heteroatoms. The second kappa shape index (κ2) is 10.4. The van der Waals surface area contributed by atoms with Crippen LogP contribution in [0.1, 0.15) is 12.0 Å². The number of nitrogens with zero attached hydrogens (tertiary/aromatic N) is 4. The van der Waals surface area contributed by atoms with Crippen LogP contribution >= 0.6 is 0 Å². The summed E-state index contributed by atoms with van der Waals surface area (Å²) in [4.78, 5) is 7.18. The van der Waals surface area contributed by atoms with Gasteiger partial charge in [-0.05, 0) is 76.7 Å². The van der Waals surface area contributed by atoms with E-state index in [-0.39, 0.29) is 6.04 Å². The molecule has 1 atom stereocenters. The Bertz CT molecular complexity index is 2280. The van der Waals surface area contributed by atoms with Crippen molar-refractivity contribution in [2.45, 2.75) is 12.5 Å². The number of pyridine rings is 1. The first kappa shape index (κ1) is 25.8. The molecule has 0 N–H and O–H groups in total.